The summed E-state index contributed by atoms with van der Waals surface area (Å²) in [6.07, 6.45) is -7.27. The summed E-state index contributed by atoms with van der Waals surface area (Å²) in [7, 11) is 0. The number of hydrazine groups is 2. The lowest BCUT2D eigenvalue weighted by molar-refractivity contribution is -0.255. The van der Waals surface area contributed by atoms with Crippen LogP contribution >= 0.6 is 0 Å². The van der Waals surface area contributed by atoms with Crippen LogP contribution in [0, 0.1) is 11.8 Å². The van der Waals surface area contributed by atoms with Crippen molar-refractivity contribution in [1.82, 2.24) is 20.9 Å². The van der Waals surface area contributed by atoms with Crippen LogP contribution in [0.25, 0.3) is 0 Å². The number of nitrogens with one attached hydrogen (secondary N) is 2. The first-order chi connectivity index (χ1) is 17.2. The van der Waals surface area contributed by atoms with Crippen molar-refractivity contribution in [2.45, 2.75) is 100 Å². The van der Waals surface area contributed by atoms with E-state index in [-0.39, 0.29) is 37.8 Å². The number of halogens is 3. The summed E-state index contributed by atoms with van der Waals surface area (Å²) >= 11 is 0. The third-order valence-corrected chi connectivity index (χ3v) is 8.21. The number of rotatable bonds is 7. The Kier molecular flexibility index (Phi) is 9.48. The number of alkyl halides is 3. The van der Waals surface area contributed by atoms with Crippen molar-refractivity contribution >= 4 is 5.91 Å². The topological polar surface area (TPSA) is 138 Å². The lowest BCUT2D eigenvalue weighted by Gasteiger charge is -2.49. The number of amides is 1. The molecule has 10 nitrogen and oxygen atoms in total. The molecule has 6 N–H and O–H groups in total. The van der Waals surface area contributed by atoms with Gasteiger partial charge in [0.05, 0.1) is 19.3 Å². The fourth-order valence-corrected chi connectivity index (χ4v) is 6.18. The van der Waals surface area contributed by atoms with Crippen molar-refractivity contribution < 1.29 is 43.1 Å². The van der Waals surface area contributed by atoms with Gasteiger partial charge in [0.2, 0.25) is 5.91 Å². The second-order valence-electron chi connectivity index (χ2n) is 10.6. The normalized spacial score (nSPS) is 44.5. The smallest absolute Gasteiger partial charge is 0.227 e. The van der Waals surface area contributed by atoms with Gasteiger partial charge < -0.3 is 30.1 Å². The minimum atomic E-state index is -1.78. The molecule has 36 heavy (non-hydrogen) atoms. The summed E-state index contributed by atoms with van der Waals surface area (Å²) in [4.78, 5) is 14.4. The average Bonchev–Trinajstić information content (AvgIpc) is 3.34. The van der Waals surface area contributed by atoms with Crippen LogP contribution in [0.5, 0.6) is 0 Å². The van der Waals surface area contributed by atoms with Gasteiger partial charge in [-0.3, -0.25) is 4.79 Å². The molecule has 2 saturated heterocycles. The minimum Gasteiger partial charge on any atom is -0.395 e. The molecule has 0 bridgehead atoms. The van der Waals surface area contributed by atoms with Crippen molar-refractivity contribution in [3.63, 3.8) is 0 Å². The Bertz CT molecular complexity index is 744. The number of aliphatic hydroxyl groups excluding tert-OH is 4. The number of hydrogen-bond donors (Lipinski definition) is 6. The molecule has 1 amide bonds. The molecule has 6 unspecified atom stereocenters. The molecule has 0 aromatic heterocycles. The number of carbonyl (C=O) groups is 1. The Hall–Kier alpha value is -1.06. The zero-order chi connectivity index (χ0) is 26.0. The minimum absolute atomic E-state index is 0.0663. The molecule has 4 aliphatic rings. The Morgan fingerprint density at radius 1 is 1.03 bits per heavy atom. The monoisotopic (exact) mass is 524 g/mol. The lowest BCUT2D eigenvalue weighted by Crippen LogP contribution is -2.70. The van der Waals surface area contributed by atoms with E-state index in [0.717, 1.165) is 17.7 Å². The standard InChI is InChI=1S/C23H39F3N4O6/c24-14-3-1-2-12(8-14)17-10-30(28-27-17)19-20(33)18(11-32)36-23(21(19)34)29(6-7-31)22(35)13-4-5-15(25)16(26)9-13/h12-21,23,27-28,31-34H,1-11H2/t12?,13?,14?,15?,16?,17?,18-,19+,20+,21-,23-/m1/s1. The zero-order valence-corrected chi connectivity index (χ0v) is 20.3. The molecule has 2 heterocycles. The Balaban J connectivity index is 1.50. The van der Waals surface area contributed by atoms with Crippen molar-refractivity contribution in [3.8, 4) is 0 Å². The van der Waals surface area contributed by atoms with Gasteiger partial charge in [-0.15, -0.1) is 0 Å². The van der Waals surface area contributed by atoms with Gasteiger partial charge in [0, 0.05) is 25.0 Å². The van der Waals surface area contributed by atoms with Crippen LogP contribution in [0.3, 0.4) is 0 Å². The quantitative estimate of drug-likeness (QED) is 0.256. The number of nitrogens with zero attached hydrogens (tertiary/aromatic N) is 2. The molecule has 4 rings (SSSR count). The maximum Gasteiger partial charge on any atom is 0.227 e. The summed E-state index contributed by atoms with van der Waals surface area (Å²) in [5, 5.41) is 43.3. The zero-order valence-electron chi connectivity index (χ0n) is 20.3. The summed E-state index contributed by atoms with van der Waals surface area (Å²) in [6, 6.07) is -1.16. The van der Waals surface area contributed by atoms with Gasteiger partial charge >= 0.3 is 0 Å². The van der Waals surface area contributed by atoms with Crippen LogP contribution in [0.15, 0.2) is 0 Å². The number of hydrogen-bond acceptors (Lipinski definition) is 9. The van der Waals surface area contributed by atoms with Crippen LogP contribution in [0.2, 0.25) is 0 Å². The maximum atomic E-state index is 14.0. The fraction of sp³-hybridized carbons (Fsp3) is 0.957. The second-order valence-corrected chi connectivity index (χ2v) is 10.6. The van der Waals surface area contributed by atoms with E-state index in [0.29, 0.717) is 19.4 Å². The highest BCUT2D eigenvalue weighted by atomic mass is 19.2. The van der Waals surface area contributed by atoms with Crippen LogP contribution in [0.4, 0.5) is 13.2 Å². The predicted molar refractivity (Wildman–Crippen MR) is 121 cm³/mol. The van der Waals surface area contributed by atoms with Crippen molar-refractivity contribution in [2.24, 2.45) is 11.8 Å². The first kappa shape index (κ1) is 28.0. The van der Waals surface area contributed by atoms with Gasteiger partial charge in [-0.25, -0.2) is 23.6 Å². The highest BCUT2D eigenvalue weighted by Crippen LogP contribution is 2.35. The average molecular weight is 525 g/mol. The molecule has 2 aliphatic carbocycles. The summed E-state index contributed by atoms with van der Waals surface area (Å²) in [6.45, 7) is -0.968. The van der Waals surface area contributed by atoms with E-state index < -0.39 is 74.1 Å². The van der Waals surface area contributed by atoms with Gasteiger partial charge in [0.15, 0.2) is 6.23 Å². The van der Waals surface area contributed by atoms with Crippen molar-refractivity contribution in [1.29, 1.82) is 0 Å². The molecular weight excluding hydrogens is 485 g/mol. The van der Waals surface area contributed by atoms with E-state index in [9.17, 15) is 38.4 Å². The van der Waals surface area contributed by atoms with Crippen molar-refractivity contribution in [3.05, 3.63) is 0 Å². The summed E-state index contributed by atoms with van der Waals surface area (Å²) < 4.78 is 47.3. The summed E-state index contributed by atoms with van der Waals surface area (Å²) in [5.74, 6) is -1.37. The van der Waals surface area contributed by atoms with Crippen LogP contribution < -0.4 is 11.0 Å². The van der Waals surface area contributed by atoms with E-state index in [4.69, 9.17) is 4.74 Å². The fourth-order valence-electron chi connectivity index (χ4n) is 6.18. The first-order valence-corrected chi connectivity index (χ1v) is 13.0. The van der Waals surface area contributed by atoms with Crippen LogP contribution in [-0.4, -0.2) is 118 Å². The number of carbonyl (C=O) groups excluding carboxylic acids is 1. The van der Waals surface area contributed by atoms with Gasteiger partial charge in [-0.1, -0.05) is 6.42 Å². The van der Waals surface area contributed by atoms with E-state index in [1.807, 2.05) is 0 Å². The molecule has 0 spiro atoms. The predicted octanol–water partition coefficient (Wildman–Crippen LogP) is -0.687. The Morgan fingerprint density at radius 3 is 2.47 bits per heavy atom. The summed E-state index contributed by atoms with van der Waals surface area (Å²) in [5.41, 5.74) is 6.06. The highest BCUT2D eigenvalue weighted by molar-refractivity contribution is 5.79. The Labute approximate surface area is 208 Å². The molecule has 0 aromatic rings. The molecule has 4 fully saturated rings. The van der Waals surface area contributed by atoms with Gasteiger partial charge in [-0.2, -0.15) is 5.53 Å². The molecule has 2 saturated carbocycles. The SMILES string of the molecule is O=C(C1CCC(F)C(F)C1)N(CCO)[C@@H]1O[C@H](CO)[C@H](O)[C@H](N2CC(C3CCCC(F)C3)NN2)[C@H]1O. The molecule has 0 radical (unpaired) electrons. The third-order valence-electron chi connectivity index (χ3n) is 8.21. The van der Waals surface area contributed by atoms with Gasteiger partial charge in [0.25, 0.3) is 0 Å². The number of ether oxygens (including phenoxy) is 1. The Morgan fingerprint density at radius 2 is 1.81 bits per heavy atom. The molecule has 208 valence electrons. The van der Waals surface area contributed by atoms with Crippen LogP contribution in [-0.2, 0) is 9.53 Å². The van der Waals surface area contributed by atoms with Crippen LogP contribution in [0.1, 0.15) is 44.9 Å². The lowest BCUT2D eigenvalue weighted by atomic mass is 9.83. The second kappa shape index (κ2) is 12.2. The maximum absolute atomic E-state index is 14.0. The largest absolute Gasteiger partial charge is 0.395 e. The molecule has 2 aliphatic heterocycles. The number of aliphatic hydroxyl groups is 4. The van der Waals surface area contributed by atoms with Crippen molar-refractivity contribution in [2.75, 3.05) is 26.3 Å². The van der Waals surface area contributed by atoms with E-state index in [2.05, 4.69) is 11.0 Å². The van der Waals surface area contributed by atoms with E-state index in [1.54, 1.807) is 5.01 Å². The van der Waals surface area contributed by atoms with E-state index >= 15 is 0 Å². The van der Waals surface area contributed by atoms with Gasteiger partial charge in [-0.05, 0) is 44.4 Å². The molecule has 0 aromatic carbocycles. The van der Waals surface area contributed by atoms with Gasteiger partial charge in [0.1, 0.15) is 36.8 Å². The van der Waals surface area contributed by atoms with E-state index in [1.165, 1.54) is 0 Å². The molecular formula is C23H39F3N4O6. The molecule has 11 atom stereocenters. The third kappa shape index (κ3) is 5.83. The first-order valence-electron chi connectivity index (χ1n) is 13.0. The molecule has 13 heteroatoms. The highest BCUT2D eigenvalue weighted by Gasteiger charge is 2.52.